The number of benzene rings is 2. The van der Waals surface area contributed by atoms with Gasteiger partial charge in [0.1, 0.15) is 5.75 Å². The van der Waals surface area contributed by atoms with E-state index in [0.29, 0.717) is 13.1 Å². The first-order valence-corrected chi connectivity index (χ1v) is 9.08. The van der Waals surface area contributed by atoms with Gasteiger partial charge in [0.2, 0.25) is 0 Å². The highest BCUT2D eigenvalue weighted by molar-refractivity contribution is 5.93. The van der Waals surface area contributed by atoms with Crippen molar-refractivity contribution >= 4 is 17.3 Å². The van der Waals surface area contributed by atoms with E-state index in [-0.39, 0.29) is 5.69 Å². The van der Waals surface area contributed by atoms with Gasteiger partial charge in [0, 0.05) is 11.8 Å². The summed E-state index contributed by atoms with van der Waals surface area (Å²) in [6, 6.07) is 9.14. The lowest BCUT2D eigenvalue weighted by Gasteiger charge is -2.36. The Kier molecular flexibility index (Phi) is 6.08. The zero-order valence-corrected chi connectivity index (χ0v) is 15.8. The van der Waals surface area contributed by atoms with Crippen LogP contribution in [0.25, 0.3) is 0 Å². The molecule has 1 atom stereocenters. The Morgan fingerprint density at radius 3 is 2.54 bits per heavy atom. The smallest absolute Gasteiger partial charge is 0.282 e. The van der Waals surface area contributed by atoms with Crippen molar-refractivity contribution in [2.75, 3.05) is 43.5 Å². The third kappa shape index (κ3) is 4.22. The average molecular weight is 394 g/mol. The van der Waals surface area contributed by atoms with Gasteiger partial charge in [-0.3, -0.25) is 4.79 Å². The van der Waals surface area contributed by atoms with Crippen LogP contribution in [0.1, 0.15) is 6.92 Å². The number of methoxy groups -OCH3 is 1. The number of carbonyl (C=O) groups is 1. The number of hydrogen-bond acceptors (Lipinski definition) is 3. The van der Waals surface area contributed by atoms with Crippen LogP contribution in [0.3, 0.4) is 0 Å². The second-order valence-corrected chi connectivity index (χ2v) is 6.78. The summed E-state index contributed by atoms with van der Waals surface area (Å²) in [6.45, 7) is 4.67. The Balaban J connectivity index is 1.59. The number of halogens is 3. The Labute approximate surface area is 161 Å². The number of amides is 1. The zero-order valence-electron chi connectivity index (χ0n) is 15.8. The normalized spacial score (nSPS) is 16.0. The van der Waals surface area contributed by atoms with Crippen LogP contribution in [-0.4, -0.2) is 45.2 Å². The van der Waals surface area contributed by atoms with Gasteiger partial charge in [0.05, 0.1) is 39.0 Å². The number of ether oxygens (including phenoxy) is 1. The van der Waals surface area contributed by atoms with E-state index in [2.05, 4.69) is 10.2 Å². The maximum Gasteiger partial charge on any atom is 0.282 e. The highest BCUT2D eigenvalue weighted by atomic mass is 19.2. The first-order valence-electron chi connectivity index (χ1n) is 9.08. The minimum atomic E-state index is -1.59. The third-order valence-electron chi connectivity index (χ3n) is 5.12. The molecule has 1 heterocycles. The molecular formula is C20H23F3N3O2+. The molecular weight excluding hydrogens is 371 g/mol. The fraction of sp³-hybridized carbons (Fsp3) is 0.350. The Bertz CT molecular complexity index is 855. The summed E-state index contributed by atoms with van der Waals surface area (Å²) in [5.74, 6) is -3.92. The van der Waals surface area contributed by atoms with E-state index in [1.165, 1.54) is 0 Å². The predicted octanol–water partition coefficient (Wildman–Crippen LogP) is 1.84. The first kappa shape index (κ1) is 20.0. The number of piperazine rings is 1. The monoisotopic (exact) mass is 394 g/mol. The second-order valence-electron chi connectivity index (χ2n) is 6.78. The van der Waals surface area contributed by atoms with Gasteiger partial charge < -0.3 is 19.9 Å². The van der Waals surface area contributed by atoms with Crippen molar-refractivity contribution in [3.63, 3.8) is 0 Å². The maximum atomic E-state index is 13.8. The van der Waals surface area contributed by atoms with Gasteiger partial charge in [-0.15, -0.1) is 0 Å². The molecule has 1 saturated heterocycles. The number of carbonyl (C=O) groups excluding carboxylic acids is 1. The summed E-state index contributed by atoms with van der Waals surface area (Å²) in [4.78, 5) is 15.7. The molecule has 2 N–H and O–H groups in total. The molecule has 1 aliphatic rings. The summed E-state index contributed by atoms with van der Waals surface area (Å²) in [7, 11) is 1.62. The average Bonchev–Trinajstić information content (AvgIpc) is 2.73. The van der Waals surface area contributed by atoms with E-state index in [1.807, 2.05) is 24.3 Å². The topological polar surface area (TPSA) is 46.0 Å². The van der Waals surface area contributed by atoms with Gasteiger partial charge >= 0.3 is 0 Å². The number of quaternary nitrogens is 1. The van der Waals surface area contributed by atoms with E-state index < -0.39 is 29.4 Å². The van der Waals surface area contributed by atoms with Gasteiger partial charge in [-0.05, 0) is 31.2 Å². The van der Waals surface area contributed by atoms with Gasteiger partial charge in [0.25, 0.3) is 5.91 Å². The van der Waals surface area contributed by atoms with Gasteiger partial charge in [-0.1, -0.05) is 6.07 Å². The highest BCUT2D eigenvalue weighted by Crippen LogP contribution is 2.21. The van der Waals surface area contributed by atoms with Crippen LogP contribution in [0.5, 0.6) is 5.75 Å². The molecule has 1 amide bonds. The van der Waals surface area contributed by atoms with E-state index in [9.17, 15) is 18.0 Å². The molecule has 0 unspecified atom stereocenters. The summed E-state index contributed by atoms with van der Waals surface area (Å²) < 4.78 is 45.4. The molecule has 1 aliphatic heterocycles. The molecule has 0 saturated carbocycles. The van der Waals surface area contributed by atoms with Crippen molar-refractivity contribution in [3.05, 3.63) is 53.8 Å². The minimum absolute atomic E-state index is 0.356. The minimum Gasteiger partial charge on any atom is -0.497 e. The molecule has 0 radical (unpaired) electrons. The number of anilines is 2. The van der Waals surface area contributed by atoms with Gasteiger partial charge in [0.15, 0.2) is 23.5 Å². The van der Waals surface area contributed by atoms with E-state index >= 15 is 0 Å². The fourth-order valence-corrected chi connectivity index (χ4v) is 3.34. The molecule has 2 aromatic rings. The number of nitrogens with zero attached hydrogens (tertiary/aromatic N) is 1. The molecule has 150 valence electrons. The molecule has 3 rings (SSSR count). The van der Waals surface area contributed by atoms with Crippen LogP contribution in [0, 0.1) is 17.5 Å². The van der Waals surface area contributed by atoms with Crippen LogP contribution in [-0.2, 0) is 4.79 Å². The number of rotatable bonds is 5. The standard InChI is InChI=1S/C20H22F3N3O2/c1-13(20(27)24-17-7-6-16(21)18(22)19(17)23)25-8-10-26(11-9-25)14-4-3-5-15(12-14)28-2/h3-7,12-13H,8-11H2,1-2H3,(H,24,27)/p+1/t13-/m0/s1. The molecule has 28 heavy (non-hydrogen) atoms. The van der Waals surface area contributed by atoms with Crippen molar-refractivity contribution in [2.24, 2.45) is 0 Å². The van der Waals surface area contributed by atoms with Crippen LogP contribution >= 0.6 is 0 Å². The molecule has 0 aliphatic carbocycles. The lowest BCUT2D eigenvalue weighted by atomic mass is 10.2. The lowest BCUT2D eigenvalue weighted by Crippen LogP contribution is -3.19. The summed E-state index contributed by atoms with van der Waals surface area (Å²) >= 11 is 0. The number of nitrogens with one attached hydrogen (secondary N) is 2. The van der Waals surface area contributed by atoms with Crippen molar-refractivity contribution in [1.29, 1.82) is 0 Å². The van der Waals surface area contributed by atoms with Gasteiger partial charge in [-0.2, -0.15) is 0 Å². The van der Waals surface area contributed by atoms with Crippen molar-refractivity contribution < 1.29 is 27.6 Å². The predicted molar refractivity (Wildman–Crippen MR) is 100 cm³/mol. The van der Waals surface area contributed by atoms with Crippen molar-refractivity contribution in [2.45, 2.75) is 13.0 Å². The molecule has 0 bridgehead atoms. The first-order chi connectivity index (χ1) is 13.4. The van der Waals surface area contributed by atoms with Crippen molar-refractivity contribution in [1.82, 2.24) is 0 Å². The van der Waals surface area contributed by atoms with Crippen LogP contribution in [0.2, 0.25) is 0 Å². The Morgan fingerprint density at radius 2 is 1.86 bits per heavy atom. The summed E-state index contributed by atoms with van der Waals surface area (Å²) in [5.41, 5.74) is 0.699. The largest absolute Gasteiger partial charge is 0.497 e. The zero-order chi connectivity index (χ0) is 20.3. The van der Waals surface area contributed by atoms with Crippen LogP contribution in [0.4, 0.5) is 24.5 Å². The van der Waals surface area contributed by atoms with Crippen molar-refractivity contribution in [3.8, 4) is 5.75 Å². The Morgan fingerprint density at radius 1 is 1.14 bits per heavy atom. The molecule has 1 fully saturated rings. The summed E-state index contributed by atoms with van der Waals surface area (Å²) in [5, 5.41) is 2.36. The van der Waals surface area contributed by atoms with Crippen LogP contribution < -0.4 is 19.9 Å². The molecule has 0 aromatic heterocycles. The lowest BCUT2D eigenvalue weighted by molar-refractivity contribution is -0.914. The van der Waals surface area contributed by atoms with Gasteiger partial charge in [-0.25, -0.2) is 13.2 Å². The van der Waals surface area contributed by atoms with E-state index in [0.717, 1.165) is 41.6 Å². The van der Waals surface area contributed by atoms with E-state index in [1.54, 1.807) is 14.0 Å². The number of hydrogen-bond donors (Lipinski definition) is 2. The SMILES string of the molecule is COc1cccc(N2CC[NH+]([C@@H](C)C(=O)Nc3ccc(F)c(F)c3F)CC2)c1. The second kappa shape index (κ2) is 8.52. The molecule has 2 aromatic carbocycles. The quantitative estimate of drug-likeness (QED) is 0.761. The summed E-state index contributed by atoms with van der Waals surface area (Å²) in [6.07, 6.45) is 0. The maximum absolute atomic E-state index is 13.8. The third-order valence-corrected chi connectivity index (χ3v) is 5.12. The molecule has 8 heteroatoms. The van der Waals surface area contributed by atoms with E-state index in [4.69, 9.17) is 4.74 Å². The fourth-order valence-electron chi connectivity index (χ4n) is 3.34. The molecule has 0 spiro atoms. The highest BCUT2D eigenvalue weighted by Gasteiger charge is 2.30. The Hall–Kier alpha value is -2.74. The van der Waals surface area contributed by atoms with Crippen LogP contribution in [0.15, 0.2) is 36.4 Å². The molecule has 5 nitrogen and oxygen atoms in total.